The first-order chi connectivity index (χ1) is 15.6. The van der Waals surface area contributed by atoms with Crippen LogP contribution in [-0.2, 0) is 17.9 Å². The maximum absolute atomic E-state index is 12.9. The number of hydrogen-bond acceptors (Lipinski definition) is 4. The van der Waals surface area contributed by atoms with E-state index in [1.165, 1.54) is 24.0 Å². The van der Waals surface area contributed by atoms with Crippen LogP contribution < -0.4 is 10.6 Å². The molecule has 4 rings (SSSR count). The second-order valence-electron chi connectivity index (χ2n) is 9.73. The number of rotatable bonds is 8. The van der Waals surface area contributed by atoms with E-state index in [9.17, 15) is 4.79 Å². The number of nitrogens with one attached hydrogen (secondary N) is 2. The van der Waals surface area contributed by atoms with Crippen LogP contribution in [0.25, 0.3) is 0 Å². The fourth-order valence-electron chi connectivity index (χ4n) is 5.10. The topological polar surface area (TPSA) is 47.6 Å². The number of amides is 1. The SMILES string of the molecule is CC(C)NC(=O)[C@@H]1C[C@H](NC2CCN(Cc3ccccc3)CC2)CN1Cc1ccccc1. The number of likely N-dealkylation sites (tertiary alicyclic amines) is 2. The Morgan fingerprint density at radius 3 is 2.09 bits per heavy atom. The summed E-state index contributed by atoms with van der Waals surface area (Å²) < 4.78 is 0. The Bertz CT molecular complexity index is 833. The van der Waals surface area contributed by atoms with Crippen molar-refractivity contribution in [1.29, 1.82) is 0 Å². The average Bonchev–Trinajstić information content (AvgIpc) is 3.18. The number of carbonyl (C=O) groups excluding carboxylic acids is 1. The maximum atomic E-state index is 12.9. The van der Waals surface area contributed by atoms with Gasteiger partial charge in [-0.1, -0.05) is 60.7 Å². The normalized spacial score (nSPS) is 23.0. The standard InChI is InChI=1S/C27H38N4O/c1-21(2)28-27(32)26-17-25(20-31(26)19-23-11-7-4-8-12-23)29-24-13-15-30(16-14-24)18-22-9-5-3-6-10-22/h3-12,21,24-26,29H,13-20H2,1-2H3,(H,28,32)/t25-,26-/m0/s1. The van der Waals surface area contributed by atoms with Gasteiger partial charge in [0.1, 0.15) is 0 Å². The Labute approximate surface area is 193 Å². The van der Waals surface area contributed by atoms with Crippen LogP contribution >= 0.6 is 0 Å². The summed E-state index contributed by atoms with van der Waals surface area (Å²) in [6.07, 6.45) is 3.23. The van der Waals surface area contributed by atoms with E-state index in [1.54, 1.807) is 0 Å². The van der Waals surface area contributed by atoms with E-state index in [0.717, 1.165) is 39.1 Å². The number of hydrogen-bond donors (Lipinski definition) is 2. The lowest BCUT2D eigenvalue weighted by Crippen LogP contribution is -2.46. The Morgan fingerprint density at radius 1 is 0.906 bits per heavy atom. The smallest absolute Gasteiger partial charge is 0.237 e. The second-order valence-corrected chi connectivity index (χ2v) is 9.73. The fraction of sp³-hybridized carbons (Fsp3) is 0.519. The molecule has 2 aliphatic rings. The van der Waals surface area contributed by atoms with E-state index in [-0.39, 0.29) is 18.0 Å². The molecular weight excluding hydrogens is 396 g/mol. The molecule has 2 N–H and O–H groups in total. The summed E-state index contributed by atoms with van der Waals surface area (Å²) in [4.78, 5) is 17.8. The fourth-order valence-corrected chi connectivity index (χ4v) is 5.10. The highest BCUT2D eigenvalue weighted by atomic mass is 16.2. The number of benzene rings is 2. The minimum absolute atomic E-state index is 0.0618. The first-order valence-electron chi connectivity index (χ1n) is 12.2. The van der Waals surface area contributed by atoms with Crippen molar-refractivity contribution in [2.24, 2.45) is 0 Å². The van der Waals surface area contributed by atoms with Crippen LogP contribution in [0.1, 0.15) is 44.2 Å². The van der Waals surface area contributed by atoms with Crippen molar-refractivity contribution in [1.82, 2.24) is 20.4 Å². The van der Waals surface area contributed by atoms with Gasteiger partial charge in [0, 0.05) is 37.8 Å². The van der Waals surface area contributed by atoms with Crippen molar-refractivity contribution < 1.29 is 4.79 Å². The van der Waals surface area contributed by atoms with Gasteiger partial charge in [-0.15, -0.1) is 0 Å². The van der Waals surface area contributed by atoms with Crippen LogP contribution in [0.3, 0.4) is 0 Å². The Morgan fingerprint density at radius 2 is 1.50 bits per heavy atom. The first-order valence-corrected chi connectivity index (χ1v) is 12.2. The van der Waals surface area contributed by atoms with E-state index >= 15 is 0 Å². The van der Waals surface area contributed by atoms with Gasteiger partial charge in [0.05, 0.1) is 6.04 Å². The minimum atomic E-state index is -0.0618. The highest BCUT2D eigenvalue weighted by molar-refractivity contribution is 5.82. The van der Waals surface area contributed by atoms with E-state index in [0.29, 0.717) is 12.1 Å². The molecule has 0 unspecified atom stereocenters. The third-order valence-corrected chi connectivity index (χ3v) is 6.67. The van der Waals surface area contributed by atoms with Gasteiger partial charge in [-0.25, -0.2) is 0 Å². The van der Waals surface area contributed by atoms with Crippen LogP contribution in [0.2, 0.25) is 0 Å². The Kier molecular flexibility index (Phi) is 7.95. The molecule has 2 aliphatic heterocycles. The van der Waals surface area contributed by atoms with Gasteiger partial charge in [-0.3, -0.25) is 14.6 Å². The van der Waals surface area contributed by atoms with E-state index in [2.05, 4.69) is 75.0 Å². The van der Waals surface area contributed by atoms with E-state index in [1.807, 2.05) is 19.9 Å². The number of nitrogens with zero attached hydrogens (tertiary/aromatic N) is 2. The molecule has 2 atom stereocenters. The van der Waals surface area contributed by atoms with Gasteiger partial charge in [-0.05, 0) is 57.3 Å². The molecule has 5 heteroatoms. The van der Waals surface area contributed by atoms with Crippen LogP contribution in [0.15, 0.2) is 60.7 Å². The third kappa shape index (κ3) is 6.41. The summed E-state index contributed by atoms with van der Waals surface area (Å²) >= 11 is 0. The summed E-state index contributed by atoms with van der Waals surface area (Å²) in [5.41, 5.74) is 2.66. The molecule has 2 aromatic carbocycles. The quantitative estimate of drug-likeness (QED) is 0.669. The van der Waals surface area contributed by atoms with Crippen molar-refractivity contribution in [3.8, 4) is 0 Å². The Hall–Kier alpha value is -2.21. The van der Waals surface area contributed by atoms with Crippen LogP contribution in [0.5, 0.6) is 0 Å². The monoisotopic (exact) mass is 434 g/mol. The first kappa shape index (κ1) is 23.0. The summed E-state index contributed by atoms with van der Waals surface area (Å²) in [6.45, 7) is 9.12. The number of carbonyl (C=O) groups is 1. The molecule has 2 aromatic rings. The van der Waals surface area contributed by atoms with Crippen molar-refractivity contribution >= 4 is 5.91 Å². The van der Waals surface area contributed by atoms with Gasteiger partial charge in [-0.2, -0.15) is 0 Å². The van der Waals surface area contributed by atoms with Gasteiger partial charge in [0.15, 0.2) is 0 Å². The lowest BCUT2D eigenvalue weighted by atomic mass is 10.0. The average molecular weight is 435 g/mol. The number of piperidine rings is 1. The molecule has 1 amide bonds. The zero-order chi connectivity index (χ0) is 22.3. The van der Waals surface area contributed by atoms with Crippen molar-refractivity contribution in [3.05, 3.63) is 71.8 Å². The zero-order valence-corrected chi connectivity index (χ0v) is 19.5. The van der Waals surface area contributed by atoms with E-state index < -0.39 is 0 Å². The lowest BCUT2D eigenvalue weighted by molar-refractivity contribution is -0.126. The largest absolute Gasteiger partial charge is 0.353 e. The van der Waals surface area contributed by atoms with Gasteiger partial charge >= 0.3 is 0 Å². The predicted molar refractivity (Wildman–Crippen MR) is 130 cm³/mol. The molecule has 2 saturated heterocycles. The van der Waals surface area contributed by atoms with Crippen LogP contribution in [-0.4, -0.2) is 59.5 Å². The molecule has 172 valence electrons. The minimum Gasteiger partial charge on any atom is -0.353 e. The van der Waals surface area contributed by atoms with Gasteiger partial charge in [0.2, 0.25) is 5.91 Å². The van der Waals surface area contributed by atoms with E-state index in [4.69, 9.17) is 0 Å². The summed E-state index contributed by atoms with van der Waals surface area (Å²) in [7, 11) is 0. The molecule has 0 radical (unpaired) electrons. The van der Waals surface area contributed by atoms with Crippen molar-refractivity contribution in [3.63, 3.8) is 0 Å². The summed E-state index contributed by atoms with van der Waals surface area (Å²) in [5, 5.41) is 7.05. The molecule has 2 fully saturated rings. The van der Waals surface area contributed by atoms with Crippen LogP contribution in [0.4, 0.5) is 0 Å². The molecule has 0 spiro atoms. The molecule has 2 heterocycles. The summed E-state index contributed by atoms with van der Waals surface area (Å²) in [5.74, 6) is 0.165. The zero-order valence-electron chi connectivity index (χ0n) is 19.5. The molecule has 32 heavy (non-hydrogen) atoms. The third-order valence-electron chi connectivity index (χ3n) is 6.67. The Balaban J connectivity index is 1.31. The van der Waals surface area contributed by atoms with Crippen molar-refractivity contribution in [2.75, 3.05) is 19.6 Å². The molecule has 0 aliphatic carbocycles. The van der Waals surface area contributed by atoms with Crippen molar-refractivity contribution in [2.45, 2.75) is 70.4 Å². The highest BCUT2D eigenvalue weighted by Gasteiger charge is 2.37. The van der Waals surface area contributed by atoms with Crippen LogP contribution in [0, 0.1) is 0 Å². The predicted octanol–water partition coefficient (Wildman–Crippen LogP) is 3.41. The summed E-state index contributed by atoms with van der Waals surface area (Å²) in [6, 6.07) is 22.3. The highest BCUT2D eigenvalue weighted by Crippen LogP contribution is 2.23. The van der Waals surface area contributed by atoms with Gasteiger partial charge < -0.3 is 10.6 Å². The molecule has 0 bridgehead atoms. The molecular formula is C27H38N4O. The lowest BCUT2D eigenvalue weighted by Gasteiger charge is -2.34. The molecule has 0 saturated carbocycles. The molecule has 5 nitrogen and oxygen atoms in total. The maximum Gasteiger partial charge on any atom is 0.237 e. The van der Waals surface area contributed by atoms with Gasteiger partial charge in [0.25, 0.3) is 0 Å². The molecule has 0 aromatic heterocycles. The second kappa shape index (κ2) is 11.1.